The van der Waals surface area contributed by atoms with Crippen LogP contribution in [-0.4, -0.2) is 17.0 Å². The van der Waals surface area contributed by atoms with Crippen molar-refractivity contribution >= 4 is 5.78 Å². The summed E-state index contributed by atoms with van der Waals surface area (Å²) in [6, 6.07) is 0. The summed E-state index contributed by atoms with van der Waals surface area (Å²) in [6.07, 6.45) is 2.62. The molecule has 14 heavy (non-hydrogen) atoms. The standard InChI is InChI=1S/C12H22O2/c1-6-8-12(4,5)11(9(3)13)10(14)7-2/h6,10-11,14H,1,7-8H2,2-5H3. The summed E-state index contributed by atoms with van der Waals surface area (Å²) < 4.78 is 0. The molecule has 0 heterocycles. The Morgan fingerprint density at radius 2 is 2.07 bits per heavy atom. The fourth-order valence-electron chi connectivity index (χ4n) is 2.08. The van der Waals surface area contributed by atoms with E-state index in [1.807, 2.05) is 20.8 Å². The molecule has 2 nitrogen and oxygen atoms in total. The number of hydrogen-bond donors (Lipinski definition) is 1. The van der Waals surface area contributed by atoms with Crippen molar-refractivity contribution in [2.24, 2.45) is 11.3 Å². The van der Waals surface area contributed by atoms with Crippen LogP contribution in [0.1, 0.15) is 40.5 Å². The van der Waals surface area contributed by atoms with E-state index in [0.717, 1.165) is 6.42 Å². The lowest BCUT2D eigenvalue weighted by Crippen LogP contribution is -2.38. The molecule has 0 aliphatic carbocycles. The normalized spacial score (nSPS) is 16.1. The van der Waals surface area contributed by atoms with Gasteiger partial charge in [0.25, 0.3) is 0 Å². The van der Waals surface area contributed by atoms with E-state index in [1.54, 1.807) is 13.0 Å². The molecule has 0 amide bonds. The highest BCUT2D eigenvalue weighted by Crippen LogP contribution is 2.35. The molecular formula is C12H22O2. The smallest absolute Gasteiger partial charge is 0.136 e. The number of allylic oxidation sites excluding steroid dienone is 1. The zero-order chi connectivity index (χ0) is 11.4. The first-order chi connectivity index (χ1) is 6.36. The van der Waals surface area contributed by atoms with E-state index in [0.29, 0.717) is 6.42 Å². The Hall–Kier alpha value is -0.630. The highest BCUT2D eigenvalue weighted by Gasteiger charge is 2.36. The largest absolute Gasteiger partial charge is 0.392 e. The second kappa shape index (κ2) is 5.30. The van der Waals surface area contributed by atoms with Gasteiger partial charge >= 0.3 is 0 Å². The van der Waals surface area contributed by atoms with Gasteiger partial charge in [-0.25, -0.2) is 0 Å². The minimum absolute atomic E-state index is 0.0613. The van der Waals surface area contributed by atoms with Crippen LogP contribution < -0.4 is 0 Å². The summed E-state index contributed by atoms with van der Waals surface area (Å²) in [6.45, 7) is 11.1. The molecular weight excluding hydrogens is 176 g/mol. The minimum Gasteiger partial charge on any atom is -0.392 e. The van der Waals surface area contributed by atoms with Crippen molar-refractivity contribution in [2.45, 2.75) is 46.6 Å². The molecule has 0 aliphatic heterocycles. The number of rotatable bonds is 6. The van der Waals surface area contributed by atoms with Gasteiger partial charge in [0.05, 0.1) is 6.10 Å². The van der Waals surface area contributed by atoms with Crippen LogP contribution in [0.2, 0.25) is 0 Å². The van der Waals surface area contributed by atoms with Crippen LogP contribution in [0.4, 0.5) is 0 Å². The Labute approximate surface area is 87.0 Å². The van der Waals surface area contributed by atoms with Crippen LogP contribution in [-0.2, 0) is 4.79 Å². The third-order valence-electron chi connectivity index (χ3n) is 2.75. The Morgan fingerprint density at radius 3 is 2.36 bits per heavy atom. The van der Waals surface area contributed by atoms with E-state index >= 15 is 0 Å². The molecule has 0 radical (unpaired) electrons. The molecule has 2 heteroatoms. The lowest BCUT2D eigenvalue weighted by molar-refractivity contribution is -0.129. The zero-order valence-electron chi connectivity index (χ0n) is 9.71. The fraction of sp³-hybridized carbons (Fsp3) is 0.750. The summed E-state index contributed by atoms with van der Waals surface area (Å²) in [4.78, 5) is 11.5. The van der Waals surface area contributed by atoms with Gasteiger partial charge in [0.15, 0.2) is 0 Å². The van der Waals surface area contributed by atoms with E-state index in [2.05, 4.69) is 6.58 Å². The van der Waals surface area contributed by atoms with Crippen LogP contribution in [0.15, 0.2) is 12.7 Å². The fourth-order valence-corrected chi connectivity index (χ4v) is 2.08. The van der Waals surface area contributed by atoms with Crippen LogP contribution >= 0.6 is 0 Å². The summed E-state index contributed by atoms with van der Waals surface area (Å²) in [7, 11) is 0. The second-order valence-corrected chi connectivity index (χ2v) is 4.55. The van der Waals surface area contributed by atoms with Crippen LogP contribution in [0.3, 0.4) is 0 Å². The quantitative estimate of drug-likeness (QED) is 0.666. The predicted molar refractivity (Wildman–Crippen MR) is 59.1 cm³/mol. The molecule has 0 spiro atoms. The number of Topliss-reactive ketones (excluding diaryl/α,β-unsaturated/α-hetero) is 1. The molecule has 1 N–H and O–H groups in total. The number of ketones is 1. The van der Waals surface area contributed by atoms with Crippen molar-refractivity contribution in [3.8, 4) is 0 Å². The average molecular weight is 198 g/mol. The molecule has 0 aromatic carbocycles. The molecule has 2 atom stereocenters. The molecule has 82 valence electrons. The van der Waals surface area contributed by atoms with Crippen molar-refractivity contribution < 1.29 is 9.90 Å². The zero-order valence-corrected chi connectivity index (χ0v) is 9.71. The van der Waals surface area contributed by atoms with E-state index in [1.165, 1.54) is 0 Å². The van der Waals surface area contributed by atoms with Gasteiger partial charge in [-0.2, -0.15) is 0 Å². The SMILES string of the molecule is C=CCC(C)(C)C(C(C)=O)C(O)CC. The molecule has 0 saturated carbocycles. The van der Waals surface area contributed by atoms with Crippen LogP contribution in [0.25, 0.3) is 0 Å². The third-order valence-corrected chi connectivity index (χ3v) is 2.75. The number of carbonyl (C=O) groups excluding carboxylic acids is 1. The summed E-state index contributed by atoms with van der Waals surface area (Å²) in [5, 5.41) is 9.80. The minimum atomic E-state index is -0.539. The predicted octanol–water partition coefficient (Wildman–Crippen LogP) is 2.56. The third kappa shape index (κ3) is 3.26. The molecule has 2 unspecified atom stereocenters. The summed E-state index contributed by atoms with van der Waals surface area (Å²) >= 11 is 0. The first-order valence-electron chi connectivity index (χ1n) is 5.16. The maximum Gasteiger partial charge on any atom is 0.136 e. The lowest BCUT2D eigenvalue weighted by atomic mass is 9.71. The Morgan fingerprint density at radius 1 is 1.57 bits per heavy atom. The van der Waals surface area contributed by atoms with Crippen LogP contribution in [0, 0.1) is 11.3 Å². The Bertz CT molecular complexity index is 206. The second-order valence-electron chi connectivity index (χ2n) is 4.55. The summed E-state index contributed by atoms with van der Waals surface area (Å²) in [5.74, 6) is -0.225. The topological polar surface area (TPSA) is 37.3 Å². The first-order valence-corrected chi connectivity index (χ1v) is 5.16. The van der Waals surface area contributed by atoms with E-state index < -0.39 is 6.10 Å². The monoisotopic (exact) mass is 198 g/mol. The molecule has 0 bridgehead atoms. The van der Waals surface area contributed by atoms with Gasteiger partial charge in [0.2, 0.25) is 0 Å². The molecule has 0 aromatic rings. The highest BCUT2D eigenvalue weighted by molar-refractivity contribution is 5.79. The molecule has 0 aromatic heterocycles. The van der Waals surface area contributed by atoms with Gasteiger partial charge in [-0.3, -0.25) is 4.79 Å². The van der Waals surface area contributed by atoms with Crippen molar-refractivity contribution in [1.29, 1.82) is 0 Å². The molecule has 0 rings (SSSR count). The van der Waals surface area contributed by atoms with Gasteiger partial charge < -0.3 is 5.11 Å². The number of hydrogen-bond acceptors (Lipinski definition) is 2. The van der Waals surface area contributed by atoms with Crippen molar-refractivity contribution in [3.63, 3.8) is 0 Å². The van der Waals surface area contributed by atoms with E-state index in [4.69, 9.17) is 0 Å². The van der Waals surface area contributed by atoms with Gasteiger partial charge in [0, 0.05) is 5.92 Å². The van der Waals surface area contributed by atoms with E-state index in [9.17, 15) is 9.90 Å². The van der Waals surface area contributed by atoms with Gasteiger partial charge in [-0.15, -0.1) is 6.58 Å². The molecule has 0 aliphatic rings. The number of aliphatic hydroxyl groups is 1. The number of carbonyl (C=O) groups is 1. The van der Waals surface area contributed by atoms with Crippen molar-refractivity contribution in [2.75, 3.05) is 0 Å². The Balaban J connectivity index is 4.80. The maximum absolute atomic E-state index is 11.5. The van der Waals surface area contributed by atoms with Gasteiger partial charge in [-0.1, -0.05) is 26.8 Å². The van der Waals surface area contributed by atoms with E-state index in [-0.39, 0.29) is 17.1 Å². The van der Waals surface area contributed by atoms with Gasteiger partial charge in [-0.05, 0) is 25.2 Å². The number of aliphatic hydroxyl groups excluding tert-OH is 1. The highest BCUT2D eigenvalue weighted by atomic mass is 16.3. The summed E-state index contributed by atoms with van der Waals surface area (Å²) in [5.41, 5.74) is -0.205. The maximum atomic E-state index is 11.5. The first kappa shape index (κ1) is 13.4. The Kier molecular flexibility index (Phi) is 5.06. The van der Waals surface area contributed by atoms with Crippen molar-refractivity contribution in [1.82, 2.24) is 0 Å². The van der Waals surface area contributed by atoms with Crippen molar-refractivity contribution in [3.05, 3.63) is 12.7 Å². The van der Waals surface area contributed by atoms with Crippen LogP contribution in [0.5, 0.6) is 0 Å². The molecule has 0 fully saturated rings. The average Bonchev–Trinajstić information content (AvgIpc) is 2.02. The van der Waals surface area contributed by atoms with Gasteiger partial charge in [0.1, 0.15) is 5.78 Å². The lowest BCUT2D eigenvalue weighted by Gasteiger charge is -2.34. The molecule has 0 saturated heterocycles.